The van der Waals surface area contributed by atoms with E-state index in [2.05, 4.69) is 5.32 Å². The predicted molar refractivity (Wildman–Crippen MR) is 64.2 cm³/mol. The highest BCUT2D eigenvalue weighted by molar-refractivity contribution is 5.87. The average Bonchev–Trinajstić information content (AvgIpc) is 2.72. The van der Waals surface area contributed by atoms with Gasteiger partial charge in [-0.1, -0.05) is 12.8 Å². The minimum absolute atomic E-state index is 0.0391. The lowest BCUT2D eigenvalue weighted by Crippen LogP contribution is -2.57. The van der Waals surface area contributed by atoms with Gasteiger partial charge in [-0.2, -0.15) is 0 Å². The number of likely N-dealkylation sites (N-methyl/N-ethyl adjacent to an activating group) is 1. The highest BCUT2D eigenvalue weighted by Gasteiger charge is 2.38. The molecule has 1 saturated heterocycles. The monoisotopic (exact) mass is 239 g/mol. The maximum atomic E-state index is 12.1. The van der Waals surface area contributed by atoms with Crippen LogP contribution in [0.1, 0.15) is 38.5 Å². The minimum Gasteiger partial charge on any atom is -0.350 e. The standard InChI is InChI=1S/C12H21N3O2/c1-15-8-9(4-5-10(15)16)14-11(17)12(13)6-2-3-7-12/h9H,2-8,13H2,1H3,(H,14,17). The largest absolute Gasteiger partial charge is 0.350 e. The van der Waals surface area contributed by atoms with Crippen LogP contribution in [0.2, 0.25) is 0 Å². The number of hydrogen-bond donors (Lipinski definition) is 2. The Morgan fingerprint density at radius 3 is 2.71 bits per heavy atom. The van der Waals surface area contributed by atoms with Crippen molar-refractivity contribution in [3.63, 3.8) is 0 Å². The summed E-state index contributed by atoms with van der Waals surface area (Å²) in [5.74, 6) is 0.113. The summed E-state index contributed by atoms with van der Waals surface area (Å²) in [6.07, 6.45) is 4.87. The van der Waals surface area contributed by atoms with Crippen LogP contribution >= 0.6 is 0 Å². The Bertz CT molecular complexity index is 324. The molecule has 17 heavy (non-hydrogen) atoms. The quantitative estimate of drug-likeness (QED) is 0.712. The molecule has 0 aromatic heterocycles. The number of piperidine rings is 1. The fourth-order valence-corrected chi connectivity index (χ4v) is 2.69. The van der Waals surface area contributed by atoms with Gasteiger partial charge in [-0.15, -0.1) is 0 Å². The van der Waals surface area contributed by atoms with Gasteiger partial charge in [-0.05, 0) is 19.3 Å². The zero-order valence-electron chi connectivity index (χ0n) is 10.4. The van der Waals surface area contributed by atoms with E-state index in [9.17, 15) is 9.59 Å². The molecular formula is C12H21N3O2. The number of nitrogens with two attached hydrogens (primary N) is 1. The molecule has 1 aliphatic carbocycles. The molecule has 5 heteroatoms. The summed E-state index contributed by atoms with van der Waals surface area (Å²) in [6.45, 7) is 0.598. The van der Waals surface area contributed by atoms with Crippen molar-refractivity contribution in [2.75, 3.05) is 13.6 Å². The van der Waals surface area contributed by atoms with E-state index in [-0.39, 0.29) is 17.9 Å². The van der Waals surface area contributed by atoms with Crippen LogP contribution in [0.5, 0.6) is 0 Å². The molecule has 0 radical (unpaired) electrons. The third kappa shape index (κ3) is 2.60. The smallest absolute Gasteiger partial charge is 0.240 e. The van der Waals surface area contributed by atoms with Crippen LogP contribution in [0.4, 0.5) is 0 Å². The second-order valence-electron chi connectivity index (χ2n) is 5.35. The number of carbonyl (C=O) groups is 2. The lowest BCUT2D eigenvalue weighted by atomic mass is 9.96. The van der Waals surface area contributed by atoms with Gasteiger partial charge in [-0.3, -0.25) is 9.59 Å². The molecule has 0 bridgehead atoms. The van der Waals surface area contributed by atoms with E-state index in [1.54, 1.807) is 11.9 Å². The van der Waals surface area contributed by atoms with Gasteiger partial charge in [0.25, 0.3) is 0 Å². The van der Waals surface area contributed by atoms with Crippen molar-refractivity contribution in [3.05, 3.63) is 0 Å². The Morgan fingerprint density at radius 2 is 2.12 bits per heavy atom. The Morgan fingerprint density at radius 1 is 1.47 bits per heavy atom. The molecule has 1 heterocycles. The summed E-state index contributed by atoms with van der Waals surface area (Å²) in [5, 5.41) is 2.99. The fourth-order valence-electron chi connectivity index (χ4n) is 2.69. The van der Waals surface area contributed by atoms with Crippen LogP contribution in [-0.2, 0) is 9.59 Å². The molecule has 1 atom stereocenters. The van der Waals surface area contributed by atoms with E-state index >= 15 is 0 Å². The molecule has 0 spiro atoms. The molecule has 2 rings (SSSR count). The van der Waals surface area contributed by atoms with Gasteiger partial charge >= 0.3 is 0 Å². The van der Waals surface area contributed by atoms with Gasteiger partial charge in [0.05, 0.1) is 5.54 Å². The summed E-state index contributed by atoms with van der Waals surface area (Å²) in [4.78, 5) is 25.1. The van der Waals surface area contributed by atoms with Crippen molar-refractivity contribution >= 4 is 11.8 Å². The second kappa shape index (κ2) is 4.64. The number of hydrogen-bond acceptors (Lipinski definition) is 3. The first-order valence-corrected chi connectivity index (χ1v) is 6.35. The van der Waals surface area contributed by atoms with Gasteiger partial charge < -0.3 is 16.0 Å². The van der Waals surface area contributed by atoms with Crippen LogP contribution in [0.25, 0.3) is 0 Å². The Balaban J connectivity index is 1.89. The van der Waals surface area contributed by atoms with Crippen LogP contribution < -0.4 is 11.1 Å². The number of carbonyl (C=O) groups excluding carboxylic acids is 2. The van der Waals surface area contributed by atoms with Crippen molar-refractivity contribution in [1.82, 2.24) is 10.2 Å². The Labute approximate surface area is 102 Å². The first-order chi connectivity index (χ1) is 8.01. The Kier molecular flexibility index (Phi) is 3.38. The maximum absolute atomic E-state index is 12.1. The lowest BCUT2D eigenvalue weighted by Gasteiger charge is -2.32. The molecule has 2 aliphatic rings. The fraction of sp³-hybridized carbons (Fsp3) is 0.833. The van der Waals surface area contributed by atoms with E-state index in [0.717, 1.165) is 32.1 Å². The van der Waals surface area contributed by atoms with Gasteiger partial charge in [-0.25, -0.2) is 0 Å². The third-order valence-electron chi connectivity index (χ3n) is 3.91. The predicted octanol–water partition coefficient (Wildman–Crippen LogP) is -0.00510. The molecule has 0 aromatic rings. The highest BCUT2D eigenvalue weighted by Crippen LogP contribution is 2.27. The number of nitrogens with zero attached hydrogens (tertiary/aromatic N) is 1. The summed E-state index contributed by atoms with van der Waals surface area (Å²) in [7, 11) is 1.77. The van der Waals surface area contributed by atoms with Gasteiger partial charge in [0.15, 0.2) is 0 Å². The summed E-state index contributed by atoms with van der Waals surface area (Å²) < 4.78 is 0. The maximum Gasteiger partial charge on any atom is 0.240 e. The van der Waals surface area contributed by atoms with Crippen molar-refractivity contribution in [2.45, 2.75) is 50.1 Å². The van der Waals surface area contributed by atoms with E-state index in [4.69, 9.17) is 5.73 Å². The van der Waals surface area contributed by atoms with E-state index < -0.39 is 5.54 Å². The number of likely N-dealkylation sites (tertiary alicyclic amines) is 1. The van der Waals surface area contributed by atoms with E-state index in [1.807, 2.05) is 0 Å². The molecule has 2 amide bonds. The third-order valence-corrected chi connectivity index (χ3v) is 3.91. The average molecular weight is 239 g/mol. The molecular weight excluding hydrogens is 218 g/mol. The van der Waals surface area contributed by atoms with Crippen LogP contribution in [-0.4, -0.2) is 41.9 Å². The zero-order chi connectivity index (χ0) is 12.5. The summed E-state index contributed by atoms with van der Waals surface area (Å²) in [5.41, 5.74) is 5.42. The van der Waals surface area contributed by atoms with Gasteiger partial charge in [0.1, 0.15) is 0 Å². The summed E-state index contributed by atoms with van der Waals surface area (Å²) >= 11 is 0. The van der Waals surface area contributed by atoms with Gasteiger partial charge in [0.2, 0.25) is 11.8 Å². The first kappa shape index (κ1) is 12.4. The SMILES string of the molecule is CN1CC(NC(=O)C2(N)CCCC2)CCC1=O. The van der Waals surface area contributed by atoms with E-state index in [0.29, 0.717) is 13.0 Å². The molecule has 1 aliphatic heterocycles. The van der Waals surface area contributed by atoms with E-state index in [1.165, 1.54) is 0 Å². The lowest BCUT2D eigenvalue weighted by molar-refractivity contribution is -0.134. The highest BCUT2D eigenvalue weighted by atomic mass is 16.2. The van der Waals surface area contributed by atoms with Crippen molar-refractivity contribution in [3.8, 4) is 0 Å². The molecule has 2 fully saturated rings. The first-order valence-electron chi connectivity index (χ1n) is 6.35. The topological polar surface area (TPSA) is 75.4 Å². The van der Waals surface area contributed by atoms with Crippen molar-refractivity contribution in [2.24, 2.45) is 5.73 Å². The van der Waals surface area contributed by atoms with Crippen molar-refractivity contribution in [1.29, 1.82) is 0 Å². The van der Waals surface area contributed by atoms with Crippen LogP contribution in [0.15, 0.2) is 0 Å². The molecule has 5 nitrogen and oxygen atoms in total. The van der Waals surface area contributed by atoms with Crippen molar-refractivity contribution < 1.29 is 9.59 Å². The summed E-state index contributed by atoms with van der Waals surface area (Å²) in [6, 6.07) is 0.0613. The van der Waals surface area contributed by atoms with Crippen LogP contribution in [0.3, 0.4) is 0 Å². The minimum atomic E-state index is -0.667. The number of rotatable bonds is 2. The molecule has 0 aromatic carbocycles. The van der Waals surface area contributed by atoms with Crippen LogP contribution in [0, 0.1) is 0 Å². The molecule has 1 saturated carbocycles. The number of amides is 2. The Hall–Kier alpha value is -1.10. The normalized spacial score (nSPS) is 28.2. The second-order valence-corrected chi connectivity index (χ2v) is 5.35. The number of nitrogens with one attached hydrogen (secondary N) is 1. The zero-order valence-corrected chi connectivity index (χ0v) is 10.4. The van der Waals surface area contributed by atoms with Gasteiger partial charge in [0, 0.05) is 26.1 Å². The molecule has 3 N–H and O–H groups in total. The molecule has 1 unspecified atom stereocenters. The molecule has 96 valence electrons.